The number of rotatable bonds is 1. The second kappa shape index (κ2) is 3.65. The molecule has 1 aliphatic heterocycles. The van der Waals surface area contributed by atoms with Crippen molar-refractivity contribution in [3.05, 3.63) is 0 Å². The Morgan fingerprint density at radius 3 is 2.50 bits per heavy atom. The standard InChI is InChI=1S/C12H21NO/c1-12(2)9-11(14)7-8-13(12)10-5-3-4-6-10/h10H,3-9H2,1-2H3. The Kier molecular flexibility index (Phi) is 2.65. The molecule has 1 heterocycles. The first-order valence-electron chi connectivity index (χ1n) is 5.88. The summed E-state index contributed by atoms with van der Waals surface area (Å²) in [6, 6.07) is 0.762. The monoisotopic (exact) mass is 195 g/mol. The smallest absolute Gasteiger partial charge is 0.136 e. The summed E-state index contributed by atoms with van der Waals surface area (Å²) in [5.41, 5.74) is 0.115. The molecule has 14 heavy (non-hydrogen) atoms. The van der Waals surface area contributed by atoms with Gasteiger partial charge in [-0.15, -0.1) is 0 Å². The molecule has 0 amide bonds. The average molecular weight is 195 g/mol. The van der Waals surface area contributed by atoms with E-state index in [1.165, 1.54) is 25.7 Å². The average Bonchev–Trinajstić information content (AvgIpc) is 2.54. The molecule has 2 aliphatic rings. The van der Waals surface area contributed by atoms with Crippen molar-refractivity contribution in [1.82, 2.24) is 4.90 Å². The molecule has 2 nitrogen and oxygen atoms in total. The summed E-state index contributed by atoms with van der Waals surface area (Å²) >= 11 is 0. The van der Waals surface area contributed by atoms with E-state index >= 15 is 0 Å². The third-order valence-electron chi connectivity index (χ3n) is 3.80. The number of piperidine rings is 1. The van der Waals surface area contributed by atoms with Crippen LogP contribution >= 0.6 is 0 Å². The number of hydrogen-bond donors (Lipinski definition) is 0. The molecule has 0 N–H and O–H groups in total. The number of likely N-dealkylation sites (tertiary alicyclic amines) is 1. The van der Waals surface area contributed by atoms with Crippen LogP contribution in [0.3, 0.4) is 0 Å². The van der Waals surface area contributed by atoms with Gasteiger partial charge in [-0.05, 0) is 26.7 Å². The molecule has 0 atom stereocenters. The maximum Gasteiger partial charge on any atom is 0.136 e. The van der Waals surface area contributed by atoms with E-state index in [2.05, 4.69) is 18.7 Å². The van der Waals surface area contributed by atoms with E-state index in [0.717, 1.165) is 25.4 Å². The maximum absolute atomic E-state index is 11.4. The Morgan fingerprint density at radius 1 is 1.29 bits per heavy atom. The fourth-order valence-electron chi connectivity index (χ4n) is 3.11. The predicted octanol–water partition coefficient (Wildman–Crippen LogP) is 2.37. The highest BCUT2D eigenvalue weighted by Gasteiger charge is 2.38. The van der Waals surface area contributed by atoms with Crippen molar-refractivity contribution in [2.24, 2.45) is 0 Å². The molecule has 1 saturated heterocycles. The predicted molar refractivity (Wildman–Crippen MR) is 57.3 cm³/mol. The summed E-state index contributed by atoms with van der Waals surface area (Å²) in [5.74, 6) is 0.448. The molecule has 0 unspecified atom stereocenters. The van der Waals surface area contributed by atoms with Crippen LogP contribution in [0.25, 0.3) is 0 Å². The fraction of sp³-hybridized carbons (Fsp3) is 0.917. The van der Waals surface area contributed by atoms with Crippen LogP contribution in [0, 0.1) is 0 Å². The Labute approximate surface area is 86.7 Å². The van der Waals surface area contributed by atoms with E-state index in [-0.39, 0.29) is 5.54 Å². The van der Waals surface area contributed by atoms with Gasteiger partial charge in [-0.1, -0.05) is 12.8 Å². The molecule has 1 aliphatic carbocycles. The van der Waals surface area contributed by atoms with Gasteiger partial charge in [-0.3, -0.25) is 9.69 Å². The van der Waals surface area contributed by atoms with Crippen molar-refractivity contribution in [3.63, 3.8) is 0 Å². The Bertz CT molecular complexity index is 228. The van der Waals surface area contributed by atoms with Crippen LogP contribution in [0.4, 0.5) is 0 Å². The lowest BCUT2D eigenvalue weighted by atomic mass is 9.87. The van der Waals surface area contributed by atoms with Crippen molar-refractivity contribution in [2.45, 2.75) is 64.0 Å². The van der Waals surface area contributed by atoms with Gasteiger partial charge < -0.3 is 0 Å². The van der Waals surface area contributed by atoms with Crippen molar-refractivity contribution >= 4 is 5.78 Å². The van der Waals surface area contributed by atoms with Gasteiger partial charge >= 0.3 is 0 Å². The van der Waals surface area contributed by atoms with E-state index in [4.69, 9.17) is 0 Å². The van der Waals surface area contributed by atoms with Crippen LogP contribution in [-0.2, 0) is 4.79 Å². The van der Waals surface area contributed by atoms with Gasteiger partial charge in [0.15, 0.2) is 0 Å². The zero-order valence-electron chi connectivity index (χ0n) is 9.38. The SMILES string of the molecule is CC1(C)CC(=O)CCN1C1CCCC1. The zero-order valence-corrected chi connectivity index (χ0v) is 9.38. The lowest BCUT2D eigenvalue weighted by molar-refractivity contribution is -0.126. The lowest BCUT2D eigenvalue weighted by Crippen LogP contribution is -2.54. The summed E-state index contributed by atoms with van der Waals surface area (Å²) in [4.78, 5) is 14.0. The molecular weight excluding hydrogens is 174 g/mol. The maximum atomic E-state index is 11.4. The summed E-state index contributed by atoms with van der Waals surface area (Å²) in [6.45, 7) is 5.45. The topological polar surface area (TPSA) is 20.3 Å². The lowest BCUT2D eigenvalue weighted by Gasteiger charge is -2.45. The highest BCUT2D eigenvalue weighted by molar-refractivity contribution is 5.80. The number of nitrogens with zero attached hydrogens (tertiary/aromatic N) is 1. The number of ketones is 1. The molecule has 0 aromatic rings. The van der Waals surface area contributed by atoms with Crippen LogP contribution in [-0.4, -0.2) is 28.8 Å². The summed E-state index contributed by atoms with van der Waals surface area (Å²) in [7, 11) is 0. The molecule has 0 aromatic heterocycles. The first-order chi connectivity index (χ1) is 6.59. The Balaban J connectivity index is 2.06. The van der Waals surface area contributed by atoms with Crippen LogP contribution in [0.15, 0.2) is 0 Å². The Morgan fingerprint density at radius 2 is 1.93 bits per heavy atom. The second-order valence-electron chi connectivity index (χ2n) is 5.41. The van der Waals surface area contributed by atoms with Gasteiger partial charge in [0, 0.05) is 31.0 Å². The molecule has 0 spiro atoms. The molecular formula is C12H21NO. The van der Waals surface area contributed by atoms with Crippen molar-refractivity contribution in [2.75, 3.05) is 6.54 Å². The van der Waals surface area contributed by atoms with Crippen LogP contribution in [0.2, 0.25) is 0 Å². The van der Waals surface area contributed by atoms with Gasteiger partial charge in [0.1, 0.15) is 5.78 Å². The molecule has 2 heteroatoms. The number of carbonyl (C=O) groups excluding carboxylic acids is 1. The van der Waals surface area contributed by atoms with Gasteiger partial charge in [0.05, 0.1) is 0 Å². The quantitative estimate of drug-likeness (QED) is 0.640. The number of hydrogen-bond acceptors (Lipinski definition) is 2. The third kappa shape index (κ3) is 1.85. The molecule has 0 bridgehead atoms. The summed E-state index contributed by atoms with van der Waals surface area (Å²) in [5, 5.41) is 0. The minimum atomic E-state index is 0.115. The first kappa shape index (κ1) is 10.2. The van der Waals surface area contributed by atoms with Crippen molar-refractivity contribution < 1.29 is 4.79 Å². The molecule has 0 aromatic carbocycles. The van der Waals surface area contributed by atoms with E-state index in [1.54, 1.807) is 0 Å². The van der Waals surface area contributed by atoms with Crippen molar-refractivity contribution in [1.29, 1.82) is 0 Å². The van der Waals surface area contributed by atoms with Crippen LogP contribution < -0.4 is 0 Å². The molecule has 2 rings (SSSR count). The highest BCUT2D eigenvalue weighted by atomic mass is 16.1. The normalized spacial score (nSPS) is 29.7. The van der Waals surface area contributed by atoms with E-state index in [0.29, 0.717) is 5.78 Å². The second-order valence-corrected chi connectivity index (χ2v) is 5.41. The number of Topliss-reactive ketones (excluding diaryl/α,β-unsaturated/α-hetero) is 1. The molecule has 80 valence electrons. The minimum Gasteiger partial charge on any atom is -0.300 e. The highest BCUT2D eigenvalue weighted by Crippen LogP contribution is 2.33. The molecule has 1 saturated carbocycles. The van der Waals surface area contributed by atoms with Gasteiger partial charge in [0.2, 0.25) is 0 Å². The van der Waals surface area contributed by atoms with Crippen LogP contribution in [0.1, 0.15) is 52.4 Å². The van der Waals surface area contributed by atoms with Crippen LogP contribution in [0.5, 0.6) is 0 Å². The fourth-order valence-corrected chi connectivity index (χ4v) is 3.11. The zero-order chi connectivity index (χ0) is 10.2. The first-order valence-corrected chi connectivity index (χ1v) is 5.88. The molecule has 2 fully saturated rings. The minimum absolute atomic E-state index is 0.115. The van der Waals surface area contributed by atoms with E-state index < -0.39 is 0 Å². The summed E-state index contributed by atoms with van der Waals surface area (Å²) < 4.78 is 0. The van der Waals surface area contributed by atoms with Gasteiger partial charge in [-0.2, -0.15) is 0 Å². The van der Waals surface area contributed by atoms with Crippen molar-refractivity contribution in [3.8, 4) is 0 Å². The van der Waals surface area contributed by atoms with Gasteiger partial charge in [0.25, 0.3) is 0 Å². The van der Waals surface area contributed by atoms with Gasteiger partial charge in [-0.25, -0.2) is 0 Å². The van der Waals surface area contributed by atoms with E-state index in [9.17, 15) is 4.79 Å². The summed E-state index contributed by atoms with van der Waals surface area (Å²) in [6.07, 6.45) is 6.98. The Hall–Kier alpha value is -0.370. The van der Waals surface area contributed by atoms with E-state index in [1.807, 2.05) is 0 Å². The number of carbonyl (C=O) groups is 1. The third-order valence-corrected chi connectivity index (χ3v) is 3.80. The largest absolute Gasteiger partial charge is 0.300 e. The molecule has 0 radical (unpaired) electrons.